The number of nitrogens with zero attached hydrogens (tertiary/aromatic N) is 2. The highest BCUT2D eigenvalue weighted by Gasteiger charge is 2.22. The lowest BCUT2D eigenvalue weighted by atomic mass is 10.0. The lowest BCUT2D eigenvalue weighted by molar-refractivity contribution is 0.174. The van der Waals surface area contributed by atoms with E-state index in [1.54, 1.807) is 0 Å². The molecule has 0 unspecified atom stereocenters. The molecular formula is C20H25N3O2. The average molecular weight is 339 g/mol. The molecule has 2 aliphatic heterocycles. The molecule has 0 saturated carbocycles. The summed E-state index contributed by atoms with van der Waals surface area (Å²) >= 11 is 0. The lowest BCUT2D eigenvalue weighted by Gasteiger charge is -2.34. The third-order valence-corrected chi connectivity index (χ3v) is 5.10. The number of fused-ring (bicyclic) bond motifs is 1. The molecule has 0 amide bonds. The van der Waals surface area contributed by atoms with Gasteiger partial charge in [0.05, 0.1) is 0 Å². The summed E-state index contributed by atoms with van der Waals surface area (Å²) in [7, 11) is 0. The van der Waals surface area contributed by atoms with E-state index in [0.717, 1.165) is 43.2 Å². The van der Waals surface area contributed by atoms with Crippen molar-refractivity contribution >= 4 is 5.82 Å². The van der Waals surface area contributed by atoms with Crippen molar-refractivity contribution in [1.82, 2.24) is 10.3 Å². The Morgan fingerprint density at radius 2 is 1.92 bits per heavy atom. The number of aromatic nitrogens is 1. The SMILES string of the molecule is Cc1ccc(N2CCC(N[C@H](C)c3ccc4c(c3)OCO4)CC2)nc1. The summed E-state index contributed by atoms with van der Waals surface area (Å²) in [5.41, 5.74) is 2.45. The molecular weight excluding hydrogens is 314 g/mol. The molecule has 1 aromatic heterocycles. The Balaban J connectivity index is 1.33. The monoisotopic (exact) mass is 339 g/mol. The number of hydrogen-bond donors (Lipinski definition) is 1. The smallest absolute Gasteiger partial charge is 0.231 e. The predicted molar refractivity (Wildman–Crippen MR) is 98.3 cm³/mol. The molecule has 0 radical (unpaired) electrons. The Bertz CT molecular complexity index is 724. The number of anilines is 1. The van der Waals surface area contributed by atoms with E-state index in [1.807, 2.05) is 12.3 Å². The first-order valence-electron chi connectivity index (χ1n) is 9.02. The summed E-state index contributed by atoms with van der Waals surface area (Å²) in [6.07, 6.45) is 4.20. The Labute approximate surface area is 149 Å². The minimum Gasteiger partial charge on any atom is -0.454 e. The van der Waals surface area contributed by atoms with Crippen molar-refractivity contribution in [1.29, 1.82) is 0 Å². The van der Waals surface area contributed by atoms with Gasteiger partial charge in [-0.1, -0.05) is 12.1 Å². The van der Waals surface area contributed by atoms with E-state index in [4.69, 9.17) is 9.47 Å². The van der Waals surface area contributed by atoms with Gasteiger partial charge in [0.15, 0.2) is 11.5 Å². The van der Waals surface area contributed by atoms with Gasteiger partial charge in [-0.3, -0.25) is 0 Å². The molecule has 2 aromatic rings. The number of pyridine rings is 1. The zero-order valence-corrected chi connectivity index (χ0v) is 14.9. The van der Waals surface area contributed by atoms with Gasteiger partial charge < -0.3 is 19.7 Å². The van der Waals surface area contributed by atoms with Gasteiger partial charge in [0.2, 0.25) is 6.79 Å². The van der Waals surface area contributed by atoms with Crippen molar-refractivity contribution < 1.29 is 9.47 Å². The van der Waals surface area contributed by atoms with Gasteiger partial charge in [-0.25, -0.2) is 4.98 Å². The Morgan fingerprint density at radius 3 is 2.68 bits per heavy atom. The van der Waals surface area contributed by atoms with Gasteiger partial charge in [0, 0.05) is 31.4 Å². The normalized spacial score (nSPS) is 18.4. The zero-order chi connectivity index (χ0) is 17.2. The highest BCUT2D eigenvalue weighted by Crippen LogP contribution is 2.34. The molecule has 1 saturated heterocycles. The molecule has 5 nitrogen and oxygen atoms in total. The topological polar surface area (TPSA) is 46.6 Å². The van der Waals surface area contributed by atoms with Crippen LogP contribution in [0.2, 0.25) is 0 Å². The first-order valence-corrected chi connectivity index (χ1v) is 9.02. The number of hydrogen-bond acceptors (Lipinski definition) is 5. The molecule has 4 rings (SSSR count). The van der Waals surface area contributed by atoms with Crippen LogP contribution in [0.3, 0.4) is 0 Å². The van der Waals surface area contributed by atoms with Crippen LogP contribution in [0, 0.1) is 6.92 Å². The summed E-state index contributed by atoms with van der Waals surface area (Å²) in [6.45, 7) is 6.70. The number of benzene rings is 1. The molecule has 0 bridgehead atoms. The fourth-order valence-corrected chi connectivity index (χ4v) is 3.55. The Hall–Kier alpha value is -2.27. The van der Waals surface area contributed by atoms with Gasteiger partial charge in [-0.05, 0) is 56.0 Å². The summed E-state index contributed by atoms with van der Waals surface area (Å²) in [6, 6.07) is 11.3. The van der Waals surface area contributed by atoms with E-state index in [0.29, 0.717) is 18.9 Å². The Morgan fingerprint density at radius 1 is 1.12 bits per heavy atom. The molecule has 0 aliphatic carbocycles. The molecule has 1 aromatic carbocycles. The second-order valence-corrected chi connectivity index (χ2v) is 6.96. The largest absolute Gasteiger partial charge is 0.454 e. The summed E-state index contributed by atoms with van der Waals surface area (Å²) in [5, 5.41) is 3.76. The first kappa shape index (κ1) is 16.2. The van der Waals surface area contributed by atoms with Crippen LogP contribution in [0.5, 0.6) is 11.5 Å². The third-order valence-electron chi connectivity index (χ3n) is 5.10. The maximum atomic E-state index is 5.49. The van der Waals surface area contributed by atoms with Crippen molar-refractivity contribution in [2.45, 2.75) is 38.8 Å². The van der Waals surface area contributed by atoms with Gasteiger partial charge in [0.25, 0.3) is 0 Å². The summed E-state index contributed by atoms with van der Waals surface area (Å²) in [4.78, 5) is 6.93. The van der Waals surface area contributed by atoms with Gasteiger partial charge in [0.1, 0.15) is 5.82 Å². The van der Waals surface area contributed by atoms with E-state index in [9.17, 15) is 0 Å². The van der Waals surface area contributed by atoms with Crippen LogP contribution in [-0.4, -0.2) is 30.9 Å². The second-order valence-electron chi connectivity index (χ2n) is 6.96. The minimum atomic E-state index is 0.295. The summed E-state index contributed by atoms with van der Waals surface area (Å²) < 4.78 is 10.9. The van der Waals surface area contributed by atoms with E-state index in [-0.39, 0.29) is 0 Å². The second kappa shape index (κ2) is 6.92. The van der Waals surface area contributed by atoms with Crippen molar-refractivity contribution in [3.8, 4) is 11.5 Å². The van der Waals surface area contributed by atoms with Crippen LogP contribution in [0.15, 0.2) is 36.5 Å². The van der Waals surface area contributed by atoms with Gasteiger partial charge in [-0.15, -0.1) is 0 Å². The van der Waals surface area contributed by atoms with E-state index in [1.165, 1.54) is 11.1 Å². The number of piperidine rings is 1. The highest BCUT2D eigenvalue weighted by molar-refractivity contribution is 5.45. The Kier molecular flexibility index (Phi) is 4.49. The molecule has 5 heteroatoms. The van der Waals surface area contributed by atoms with Crippen molar-refractivity contribution in [3.05, 3.63) is 47.7 Å². The van der Waals surface area contributed by atoms with Crippen LogP contribution < -0.4 is 19.7 Å². The number of rotatable bonds is 4. The molecule has 0 spiro atoms. The maximum Gasteiger partial charge on any atom is 0.231 e. The number of ether oxygens (including phenoxy) is 2. The highest BCUT2D eigenvalue weighted by atomic mass is 16.7. The van der Waals surface area contributed by atoms with Crippen LogP contribution in [0.4, 0.5) is 5.82 Å². The van der Waals surface area contributed by atoms with Crippen LogP contribution in [0.1, 0.15) is 36.9 Å². The van der Waals surface area contributed by atoms with Crippen molar-refractivity contribution in [2.24, 2.45) is 0 Å². The molecule has 25 heavy (non-hydrogen) atoms. The average Bonchev–Trinajstić information content (AvgIpc) is 3.11. The molecule has 1 atom stereocenters. The molecule has 1 N–H and O–H groups in total. The zero-order valence-electron chi connectivity index (χ0n) is 14.9. The molecule has 1 fully saturated rings. The standard InChI is InChI=1S/C20H25N3O2/c1-14-3-6-20(21-12-14)23-9-7-17(8-10-23)22-15(2)16-4-5-18-19(11-16)25-13-24-18/h3-6,11-12,15,17,22H,7-10,13H2,1-2H3/t15-/m1/s1. The van der Waals surface area contributed by atoms with E-state index >= 15 is 0 Å². The molecule has 132 valence electrons. The number of nitrogens with one attached hydrogen (secondary N) is 1. The van der Waals surface area contributed by atoms with Crippen LogP contribution in [0.25, 0.3) is 0 Å². The third kappa shape index (κ3) is 3.56. The quantitative estimate of drug-likeness (QED) is 0.924. The predicted octanol–water partition coefficient (Wildman–Crippen LogP) is 3.44. The van der Waals surface area contributed by atoms with Crippen LogP contribution >= 0.6 is 0 Å². The minimum absolute atomic E-state index is 0.295. The number of aryl methyl sites for hydroxylation is 1. The van der Waals surface area contributed by atoms with E-state index in [2.05, 4.69) is 53.3 Å². The van der Waals surface area contributed by atoms with Crippen LogP contribution in [-0.2, 0) is 0 Å². The molecule has 3 heterocycles. The fourth-order valence-electron chi connectivity index (χ4n) is 3.55. The fraction of sp³-hybridized carbons (Fsp3) is 0.450. The van der Waals surface area contributed by atoms with Gasteiger partial charge >= 0.3 is 0 Å². The van der Waals surface area contributed by atoms with Crippen molar-refractivity contribution in [3.63, 3.8) is 0 Å². The first-order chi connectivity index (χ1) is 12.2. The van der Waals surface area contributed by atoms with Crippen molar-refractivity contribution in [2.75, 3.05) is 24.8 Å². The maximum absolute atomic E-state index is 5.49. The summed E-state index contributed by atoms with van der Waals surface area (Å²) in [5.74, 6) is 2.79. The van der Waals surface area contributed by atoms with Gasteiger partial charge in [-0.2, -0.15) is 0 Å². The lowest BCUT2D eigenvalue weighted by Crippen LogP contribution is -2.43. The van der Waals surface area contributed by atoms with E-state index < -0.39 is 0 Å². The molecule has 2 aliphatic rings.